The van der Waals surface area contributed by atoms with Crippen LogP contribution in [-0.2, 0) is 16.4 Å². The van der Waals surface area contributed by atoms with Crippen LogP contribution in [0, 0.1) is 0 Å². The molecule has 4 nitrogen and oxygen atoms in total. The van der Waals surface area contributed by atoms with Crippen LogP contribution in [-0.4, -0.2) is 20.1 Å². The third kappa shape index (κ3) is 3.89. The average molecular weight is 346 g/mol. The SMILES string of the molecule is O=S(=O)(Nc1cccc(Cl)c1Cl)c1ccc(CCO)cc1. The number of anilines is 1. The van der Waals surface area contributed by atoms with Gasteiger partial charge in [-0.2, -0.15) is 0 Å². The fourth-order valence-corrected chi connectivity index (χ4v) is 3.23. The molecule has 2 N–H and O–H groups in total. The molecule has 7 heteroatoms. The first kappa shape index (κ1) is 16.1. The number of halogens is 2. The van der Waals surface area contributed by atoms with Gasteiger partial charge in [-0.15, -0.1) is 0 Å². The van der Waals surface area contributed by atoms with E-state index in [1.54, 1.807) is 24.3 Å². The van der Waals surface area contributed by atoms with Gasteiger partial charge in [0.15, 0.2) is 0 Å². The molecule has 0 saturated carbocycles. The summed E-state index contributed by atoms with van der Waals surface area (Å²) < 4.78 is 26.9. The van der Waals surface area contributed by atoms with E-state index in [0.717, 1.165) is 5.56 Å². The highest BCUT2D eigenvalue weighted by Gasteiger charge is 2.16. The van der Waals surface area contributed by atoms with Gasteiger partial charge in [0.2, 0.25) is 0 Å². The van der Waals surface area contributed by atoms with Crippen molar-refractivity contribution in [2.75, 3.05) is 11.3 Å². The first-order chi connectivity index (χ1) is 9.94. The van der Waals surface area contributed by atoms with E-state index >= 15 is 0 Å². The van der Waals surface area contributed by atoms with Crippen molar-refractivity contribution in [1.82, 2.24) is 0 Å². The predicted octanol–water partition coefficient (Wildman–Crippen LogP) is 3.33. The highest BCUT2D eigenvalue weighted by atomic mass is 35.5. The van der Waals surface area contributed by atoms with E-state index in [4.69, 9.17) is 28.3 Å². The van der Waals surface area contributed by atoms with Gasteiger partial charge in [0.25, 0.3) is 10.0 Å². The standard InChI is InChI=1S/C14H13Cl2NO3S/c15-12-2-1-3-13(14(12)16)17-21(19,20)11-6-4-10(5-7-11)8-9-18/h1-7,17-18H,8-9H2. The minimum absolute atomic E-state index is 0.0163. The summed E-state index contributed by atoms with van der Waals surface area (Å²) in [5.41, 5.74) is 1.08. The van der Waals surface area contributed by atoms with Gasteiger partial charge in [-0.25, -0.2) is 8.42 Å². The summed E-state index contributed by atoms with van der Waals surface area (Å²) in [5.74, 6) is 0. The summed E-state index contributed by atoms with van der Waals surface area (Å²) in [5, 5.41) is 9.27. The predicted molar refractivity (Wildman–Crippen MR) is 84.5 cm³/mol. The first-order valence-corrected chi connectivity index (χ1v) is 8.34. The molecule has 0 aliphatic rings. The molecule has 0 fully saturated rings. The smallest absolute Gasteiger partial charge is 0.261 e. The molecule has 2 rings (SSSR count). The monoisotopic (exact) mass is 345 g/mol. The molecule has 112 valence electrons. The second-order valence-electron chi connectivity index (χ2n) is 4.32. The lowest BCUT2D eigenvalue weighted by Crippen LogP contribution is -2.13. The van der Waals surface area contributed by atoms with Crippen molar-refractivity contribution in [1.29, 1.82) is 0 Å². The van der Waals surface area contributed by atoms with Crippen molar-refractivity contribution in [3.63, 3.8) is 0 Å². The second kappa shape index (κ2) is 6.66. The highest BCUT2D eigenvalue weighted by Crippen LogP contribution is 2.31. The molecule has 0 unspecified atom stereocenters. The third-order valence-electron chi connectivity index (χ3n) is 2.83. The van der Waals surface area contributed by atoms with Crippen molar-refractivity contribution >= 4 is 38.9 Å². The molecule has 0 heterocycles. The minimum Gasteiger partial charge on any atom is -0.396 e. The number of sulfonamides is 1. The van der Waals surface area contributed by atoms with Crippen molar-refractivity contribution in [2.45, 2.75) is 11.3 Å². The number of rotatable bonds is 5. The van der Waals surface area contributed by atoms with E-state index in [1.165, 1.54) is 18.2 Å². The molecule has 0 radical (unpaired) electrons. The normalized spacial score (nSPS) is 11.4. The molecule has 0 aliphatic carbocycles. The maximum absolute atomic E-state index is 12.3. The van der Waals surface area contributed by atoms with Gasteiger partial charge in [0, 0.05) is 6.61 Å². The van der Waals surface area contributed by atoms with Gasteiger partial charge in [0.1, 0.15) is 0 Å². The molecule has 0 spiro atoms. The topological polar surface area (TPSA) is 66.4 Å². The zero-order chi connectivity index (χ0) is 15.5. The third-order valence-corrected chi connectivity index (χ3v) is 5.03. The molecule has 0 saturated heterocycles. The lowest BCUT2D eigenvalue weighted by molar-refractivity contribution is 0.299. The van der Waals surface area contributed by atoms with Crippen molar-refractivity contribution in [3.8, 4) is 0 Å². The van der Waals surface area contributed by atoms with Gasteiger partial charge >= 0.3 is 0 Å². The van der Waals surface area contributed by atoms with Crippen LogP contribution in [0.2, 0.25) is 10.0 Å². The number of benzene rings is 2. The molecule has 0 aliphatic heterocycles. The Morgan fingerprint density at radius 1 is 1.05 bits per heavy atom. The molecule has 2 aromatic rings. The summed E-state index contributed by atoms with van der Waals surface area (Å²) in [6.07, 6.45) is 0.480. The fraction of sp³-hybridized carbons (Fsp3) is 0.143. The Morgan fingerprint density at radius 2 is 1.71 bits per heavy atom. The largest absolute Gasteiger partial charge is 0.396 e. The van der Waals surface area contributed by atoms with Crippen LogP contribution in [0.5, 0.6) is 0 Å². The van der Waals surface area contributed by atoms with Gasteiger partial charge in [-0.05, 0) is 36.2 Å². The first-order valence-electron chi connectivity index (χ1n) is 6.10. The fourth-order valence-electron chi connectivity index (χ4n) is 1.75. The van der Waals surface area contributed by atoms with E-state index < -0.39 is 10.0 Å². The van der Waals surface area contributed by atoms with E-state index in [0.29, 0.717) is 6.42 Å². The summed E-state index contributed by atoms with van der Waals surface area (Å²) in [7, 11) is -3.74. The van der Waals surface area contributed by atoms with Crippen LogP contribution in [0.1, 0.15) is 5.56 Å². The summed E-state index contributed by atoms with van der Waals surface area (Å²) in [4.78, 5) is 0.111. The Hall–Kier alpha value is -1.27. The minimum atomic E-state index is -3.74. The Balaban J connectivity index is 2.27. The Morgan fingerprint density at radius 3 is 2.33 bits per heavy atom. The average Bonchev–Trinajstić information content (AvgIpc) is 2.45. The molecule has 0 atom stereocenters. The van der Waals surface area contributed by atoms with E-state index in [1.807, 2.05) is 0 Å². The van der Waals surface area contributed by atoms with E-state index in [-0.39, 0.29) is 27.2 Å². The van der Waals surface area contributed by atoms with Crippen LogP contribution in [0.25, 0.3) is 0 Å². The summed E-state index contributed by atoms with van der Waals surface area (Å²) in [6.45, 7) is 0.0163. The maximum Gasteiger partial charge on any atom is 0.261 e. The van der Waals surface area contributed by atoms with E-state index in [9.17, 15) is 8.42 Å². The van der Waals surface area contributed by atoms with Crippen LogP contribution in [0.15, 0.2) is 47.4 Å². The molecule has 2 aromatic carbocycles. The molecule has 0 bridgehead atoms. The van der Waals surface area contributed by atoms with Gasteiger partial charge in [-0.1, -0.05) is 41.4 Å². The Bertz CT molecular complexity index is 730. The van der Waals surface area contributed by atoms with E-state index in [2.05, 4.69) is 4.72 Å². The maximum atomic E-state index is 12.3. The van der Waals surface area contributed by atoms with Gasteiger partial charge in [-0.3, -0.25) is 4.72 Å². The van der Waals surface area contributed by atoms with Crippen LogP contribution in [0.4, 0.5) is 5.69 Å². The molecule has 21 heavy (non-hydrogen) atoms. The number of hydrogen-bond acceptors (Lipinski definition) is 3. The number of nitrogens with one attached hydrogen (secondary N) is 1. The zero-order valence-corrected chi connectivity index (χ0v) is 13.2. The number of aliphatic hydroxyl groups excluding tert-OH is 1. The van der Waals surface area contributed by atoms with Crippen molar-refractivity contribution in [3.05, 3.63) is 58.1 Å². The van der Waals surface area contributed by atoms with Crippen LogP contribution in [0.3, 0.4) is 0 Å². The van der Waals surface area contributed by atoms with Crippen LogP contribution < -0.4 is 4.72 Å². The van der Waals surface area contributed by atoms with Crippen molar-refractivity contribution in [2.24, 2.45) is 0 Å². The lowest BCUT2D eigenvalue weighted by Gasteiger charge is -2.10. The van der Waals surface area contributed by atoms with Gasteiger partial charge in [0.05, 0.1) is 20.6 Å². The second-order valence-corrected chi connectivity index (χ2v) is 6.79. The molecule has 0 aromatic heterocycles. The quantitative estimate of drug-likeness (QED) is 0.873. The molecular formula is C14H13Cl2NO3S. The molecule has 0 amide bonds. The van der Waals surface area contributed by atoms with Crippen LogP contribution >= 0.6 is 23.2 Å². The summed E-state index contributed by atoms with van der Waals surface area (Å²) in [6, 6.07) is 11.0. The number of hydrogen-bond donors (Lipinski definition) is 2. The molecular weight excluding hydrogens is 333 g/mol. The lowest BCUT2D eigenvalue weighted by atomic mass is 10.2. The van der Waals surface area contributed by atoms with Crippen molar-refractivity contribution < 1.29 is 13.5 Å². The zero-order valence-electron chi connectivity index (χ0n) is 10.9. The Labute approximate surface area is 133 Å². The Kier molecular flexibility index (Phi) is 5.11. The highest BCUT2D eigenvalue weighted by molar-refractivity contribution is 7.92. The summed E-state index contributed by atoms with van der Waals surface area (Å²) >= 11 is 11.8. The van der Waals surface area contributed by atoms with Gasteiger partial charge < -0.3 is 5.11 Å². The number of aliphatic hydroxyl groups is 1.